The Bertz CT molecular complexity index is 323. The molecule has 1 aromatic carbocycles. The van der Waals surface area contributed by atoms with Gasteiger partial charge in [0.05, 0.1) is 18.0 Å². The zero-order chi connectivity index (χ0) is 9.84. The number of phenols is 1. The first-order valence-corrected chi connectivity index (χ1v) is 4.47. The van der Waals surface area contributed by atoms with Crippen LogP contribution in [0.4, 0.5) is 0 Å². The number of carbonyl (C=O) groups is 1. The molecule has 1 rings (SSSR count). The summed E-state index contributed by atoms with van der Waals surface area (Å²) in [4.78, 5) is 10.9. The number of methoxy groups -OCH3 is 1. The normalized spacial score (nSPS) is 9.69. The van der Waals surface area contributed by atoms with E-state index in [4.69, 9.17) is 0 Å². The van der Waals surface area contributed by atoms with Gasteiger partial charge >= 0.3 is 5.97 Å². The van der Waals surface area contributed by atoms with E-state index >= 15 is 0 Å². The zero-order valence-corrected chi connectivity index (χ0v) is 8.67. The largest absolute Gasteiger partial charge is 0.507 e. The van der Waals surface area contributed by atoms with Crippen LogP contribution >= 0.6 is 15.9 Å². The zero-order valence-electron chi connectivity index (χ0n) is 7.08. The van der Waals surface area contributed by atoms with Crippen LogP contribution in [-0.2, 0) is 16.0 Å². The summed E-state index contributed by atoms with van der Waals surface area (Å²) in [5.74, 6) is -0.133. The van der Waals surface area contributed by atoms with Crippen LogP contribution in [0.1, 0.15) is 5.56 Å². The number of carbonyl (C=O) groups excluding carboxylic acids is 1. The molecule has 0 aliphatic rings. The summed E-state index contributed by atoms with van der Waals surface area (Å²) in [6.45, 7) is 0. The molecule has 1 N–H and O–H groups in total. The maximum Gasteiger partial charge on any atom is 0.309 e. The van der Waals surface area contributed by atoms with Crippen molar-refractivity contribution >= 4 is 21.9 Å². The van der Waals surface area contributed by atoms with E-state index in [1.807, 2.05) is 0 Å². The molecule has 0 fully saturated rings. The van der Waals surface area contributed by atoms with Gasteiger partial charge < -0.3 is 9.84 Å². The molecule has 0 atom stereocenters. The van der Waals surface area contributed by atoms with Crippen LogP contribution in [0, 0.1) is 0 Å². The molecule has 0 radical (unpaired) electrons. The van der Waals surface area contributed by atoms with E-state index in [9.17, 15) is 9.90 Å². The summed E-state index contributed by atoms with van der Waals surface area (Å²) in [5.41, 5.74) is 0.802. The van der Waals surface area contributed by atoms with Crippen LogP contribution in [0.15, 0.2) is 22.7 Å². The molecule has 0 amide bonds. The van der Waals surface area contributed by atoms with Crippen molar-refractivity contribution in [1.29, 1.82) is 0 Å². The molecule has 0 bridgehead atoms. The fourth-order valence-electron chi connectivity index (χ4n) is 0.899. The van der Waals surface area contributed by atoms with Crippen molar-refractivity contribution in [2.24, 2.45) is 0 Å². The molecular weight excluding hydrogens is 236 g/mol. The van der Waals surface area contributed by atoms with Gasteiger partial charge in [-0.1, -0.05) is 6.07 Å². The van der Waals surface area contributed by atoms with Crippen molar-refractivity contribution in [3.05, 3.63) is 28.2 Å². The monoisotopic (exact) mass is 244 g/mol. The first-order chi connectivity index (χ1) is 6.13. The Labute approximate surface area is 84.5 Å². The molecule has 0 unspecified atom stereocenters. The summed E-state index contributed by atoms with van der Waals surface area (Å²) < 4.78 is 5.09. The Morgan fingerprint density at radius 1 is 1.62 bits per heavy atom. The number of halogens is 1. The molecule has 0 saturated carbocycles. The van der Waals surface area contributed by atoms with Crippen molar-refractivity contribution in [3.8, 4) is 5.75 Å². The highest BCUT2D eigenvalue weighted by atomic mass is 79.9. The first kappa shape index (κ1) is 10.1. The Morgan fingerprint density at radius 3 is 2.85 bits per heavy atom. The lowest BCUT2D eigenvalue weighted by Crippen LogP contribution is -2.04. The number of hydrogen-bond acceptors (Lipinski definition) is 3. The minimum atomic E-state index is -0.294. The van der Waals surface area contributed by atoms with Gasteiger partial charge in [0.1, 0.15) is 5.75 Å². The lowest BCUT2D eigenvalue weighted by molar-refractivity contribution is -0.139. The summed E-state index contributed by atoms with van der Waals surface area (Å²) in [5, 5.41) is 9.17. The maximum absolute atomic E-state index is 10.9. The smallest absolute Gasteiger partial charge is 0.309 e. The molecule has 13 heavy (non-hydrogen) atoms. The summed E-state index contributed by atoms with van der Waals surface area (Å²) >= 11 is 3.16. The van der Waals surface area contributed by atoms with E-state index < -0.39 is 0 Å². The van der Waals surface area contributed by atoms with Crippen LogP contribution in [0.5, 0.6) is 5.75 Å². The number of benzene rings is 1. The Hall–Kier alpha value is -1.03. The molecule has 1 aromatic rings. The minimum Gasteiger partial charge on any atom is -0.507 e. The van der Waals surface area contributed by atoms with Crippen molar-refractivity contribution in [2.45, 2.75) is 6.42 Å². The van der Waals surface area contributed by atoms with Crippen LogP contribution in [0.3, 0.4) is 0 Å². The predicted molar refractivity (Wildman–Crippen MR) is 51.5 cm³/mol. The van der Waals surface area contributed by atoms with Gasteiger partial charge in [-0.2, -0.15) is 0 Å². The van der Waals surface area contributed by atoms with Gasteiger partial charge in [0, 0.05) is 0 Å². The number of aromatic hydroxyl groups is 1. The fourth-order valence-corrected chi connectivity index (χ4v) is 1.33. The number of rotatable bonds is 2. The van der Waals surface area contributed by atoms with E-state index in [1.165, 1.54) is 13.2 Å². The van der Waals surface area contributed by atoms with Crippen molar-refractivity contribution < 1.29 is 14.6 Å². The molecule has 0 spiro atoms. The number of phenolic OH excluding ortho intramolecular Hbond substituents is 1. The summed E-state index contributed by atoms with van der Waals surface area (Å²) in [6, 6.07) is 4.89. The van der Waals surface area contributed by atoms with Gasteiger partial charge in [-0.15, -0.1) is 0 Å². The number of ether oxygens (including phenoxy) is 1. The molecule has 0 saturated heterocycles. The molecule has 70 valence electrons. The van der Waals surface area contributed by atoms with E-state index in [0.717, 1.165) is 5.56 Å². The highest BCUT2D eigenvalue weighted by Gasteiger charge is 2.04. The fraction of sp³-hybridized carbons (Fsp3) is 0.222. The first-order valence-electron chi connectivity index (χ1n) is 3.67. The van der Waals surface area contributed by atoms with Crippen LogP contribution in [-0.4, -0.2) is 18.2 Å². The quantitative estimate of drug-likeness (QED) is 0.809. The molecule has 0 aromatic heterocycles. The van der Waals surface area contributed by atoms with Crippen molar-refractivity contribution in [3.63, 3.8) is 0 Å². The third-order valence-corrected chi connectivity index (χ3v) is 2.22. The molecule has 0 heterocycles. The van der Waals surface area contributed by atoms with Gasteiger partial charge in [-0.3, -0.25) is 4.79 Å². The summed E-state index contributed by atoms with van der Waals surface area (Å²) in [7, 11) is 1.35. The molecule has 4 heteroatoms. The second-order valence-electron chi connectivity index (χ2n) is 2.54. The van der Waals surface area contributed by atoms with E-state index in [0.29, 0.717) is 4.47 Å². The van der Waals surface area contributed by atoms with E-state index in [-0.39, 0.29) is 18.1 Å². The van der Waals surface area contributed by atoms with Crippen molar-refractivity contribution in [1.82, 2.24) is 0 Å². The van der Waals surface area contributed by atoms with Crippen molar-refractivity contribution in [2.75, 3.05) is 7.11 Å². The SMILES string of the molecule is COC(=O)Cc1ccc(O)c(Br)c1. The minimum absolute atomic E-state index is 0.161. The second kappa shape index (κ2) is 4.28. The lowest BCUT2D eigenvalue weighted by Gasteiger charge is -2.01. The molecule has 0 aliphatic carbocycles. The third-order valence-electron chi connectivity index (χ3n) is 1.59. The van der Waals surface area contributed by atoms with Crippen LogP contribution in [0.2, 0.25) is 0 Å². The van der Waals surface area contributed by atoms with Crippen LogP contribution < -0.4 is 0 Å². The highest BCUT2D eigenvalue weighted by Crippen LogP contribution is 2.24. The van der Waals surface area contributed by atoms with E-state index in [1.54, 1.807) is 12.1 Å². The number of hydrogen-bond donors (Lipinski definition) is 1. The number of esters is 1. The van der Waals surface area contributed by atoms with Gasteiger partial charge in [0.2, 0.25) is 0 Å². The van der Waals surface area contributed by atoms with Gasteiger partial charge in [0.15, 0.2) is 0 Å². The van der Waals surface area contributed by atoms with Gasteiger partial charge in [-0.25, -0.2) is 0 Å². The third kappa shape index (κ3) is 2.73. The average molecular weight is 245 g/mol. The molecule has 0 aliphatic heterocycles. The average Bonchev–Trinajstić information content (AvgIpc) is 2.11. The maximum atomic E-state index is 10.9. The molecular formula is C9H9BrO3. The standard InChI is InChI=1S/C9H9BrO3/c1-13-9(12)5-6-2-3-8(11)7(10)4-6/h2-4,11H,5H2,1H3. The molecule has 3 nitrogen and oxygen atoms in total. The Kier molecular flexibility index (Phi) is 3.31. The van der Waals surface area contributed by atoms with Gasteiger partial charge in [0.25, 0.3) is 0 Å². The van der Waals surface area contributed by atoms with Gasteiger partial charge in [-0.05, 0) is 33.6 Å². The summed E-state index contributed by atoms with van der Waals surface area (Å²) in [6.07, 6.45) is 0.218. The lowest BCUT2D eigenvalue weighted by atomic mass is 10.1. The predicted octanol–water partition coefficient (Wildman–Crippen LogP) is 1.87. The highest BCUT2D eigenvalue weighted by molar-refractivity contribution is 9.10. The Morgan fingerprint density at radius 2 is 2.31 bits per heavy atom. The van der Waals surface area contributed by atoms with E-state index in [2.05, 4.69) is 20.7 Å². The Balaban J connectivity index is 2.79. The second-order valence-corrected chi connectivity index (χ2v) is 3.39. The topological polar surface area (TPSA) is 46.5 Å². The van der Waals surface area contributed by atoms with Crippen LogP contribution in [0.25, 0.3) is 0 Å².